The number of anilines is 1. The highest BCUT2D eigenvalue weighted by Gasteiger charge is 2.13. The van der Waals surface area contributed by atoms with Crippen molar-refractivity contribution in [3.63, 3.8) is 0 Å². The summed E-state index contributed by atoms with van der Waals surface area (Å²) in [6.45, 7) is 0.390. The molecule has 0 fully saturated rings. The third kappa shape index (κ3) is 3.82. The maximum atomic E-state index is 12.4. The maximum Gasteiger partial charge on any atom is 0.268 e. The van der Waals surface area contributed by atoms with Crippen molar-refractivity contribution < 1.29 is 4.79 Å². The Kier molecular flexibility index (Phi) is 4.74. The van der Waals surface area contributed by atoms with Gasteiger partial charge in [-0.3, -0.25) is 9.78 Å². The van der Waals surface area contributed by atoms with E-state index in [4.69, 9.17) is 0 Å². The summed E-state index contributed by atoms with van der Waals surface area (Å²) in [4.78, 5) is 27.1. The van der Waals surface area contributed by atoms with E-state index in [1.807, 2.05) is 56.5 Å². The van der Waals surface area contributed by atoms with E-state index >= 15 is 0 Å². The minimum atomic E-state index is -0.148. The summed E-state index contributed by atoms with van der Waals surface area (Å²) >= 11 is 0. The Morgan fingerprint density at radius 2 is 1.92 bits per heavy atom. The number of nitrogens with zero attached hydrogens (tertiary/aromatic N) is 5. The number of aryl methyl sites for hydroxylation is 1. The van der Waals surface area contributed by atoms with Gasteiger partial charge in [-0.2, -0.15) is 0 Å². The Morgan fingerprint density at radius 3 is 2.56 bits per heavy atom. The molecule has 3 aromatic heterocycles. The first-order valence-corrected chi connectivity index (χ1v) is 7.89. The molecule has 7 heteroatoms. The second-order valence-corrected chi connectivity index (χ2v) is 5.89. The Morgan fingerprint density at radius 1 is 1.16 bits per heavy atom. The van der Waals surface area contributed by atoms with Crippen LogP contribution < -0.4 is 10.2 Å². The monoisotopic (exact) mass is 336 g/mol. The highest BCUT2D eigenvalue weighted by molar-refractivity contribution is 5.94. The van der Waals surface area contributed by atoms with Gasteiger partial charge in [-0.05, 0) is 18.2 Å². The zero-order chi connectivity index (χ0) is 17.8. The van der Waals surface area contributed by atoms with Gasteiger partial charge in [0.15, 0.2) is 0 Å². The van der Waals surface area contributed by atoms with E-state index in [-0.39, 0.29) is 5.91 Å². The normalized spacial score (nSPS) is 10.5. The second-order valence-electron chi connectivity index (χ2n) is 5.89. The number of pyridine rings is 1. The van der Waals surface area contributed by atoms with Crippen LogP contribution >= 0.6 is 0 Å². The van der Waals surface area contributed by atoms with E-state index < -0.39 is 0 Å². The van der Waals surface area contributed by atoms with Crippen LogP contribution in [0.4, 0.5) is 5.95 Å². The Bertz CT molecular complexity index is 855. The maximum absolute atomic E-state index is 12.4. The quantitative estimate of drug-likeness (QED) is 0.770. The highest BCUT2D eigenvalue weighted by atomic mass is 16.1. The molecule has 0 unspecified atom stereocenters. The van der Waals surface area contributed by atoms with Gasteiger partial charge in [-0.1, -0.05) is 6.07 Å². The van der Waals surface area contributed by atoms with Crippen molar-refractivity contribution in [3.05, 3.63) is 60.4 Å². The van der Waals surface area contributed by atoms with Crippen molar-refractivity contribution >= 4 is 11.9 Å². The number of hydrogen-bond donors (Lipinski definition) is 1. The van der Waals surface area contributed by atoms with Crippen LogP contribution in [-0.4, -0.2) is 39.5 Å². The summed E-state index contributed by atoms with van der Waals surface area (Å²) in [5, 5.41) is 2.88. The molecule has 3 heterocycles. The summed E-state index contributed by atoms with van der Waals surface area (Å²) in [5.74, 6) is 0.498. The fourth-order valence-electron chi connectivity index (χ4n) is 2.41. The molecule has 3 aromatic rings. The Hall–Kier alpha value is -3.22. The highest BCUT2D eigenvalue weighted by Crippen LogP contribution is 2.21. The smallest absolute Gasteiger partial charge is 0.268 e. The van der Waals surface area contributed by atoms with Crippen LogP contribution in [0, 0.1) is 0 Å². The summed E-state index contributed by atoms with van der Waals surface area (Å²) in [5.41, 5.74) is 3.15. The van der Waals surface area contributed by atoms with E-state index in [1.54, 1.807) is 23.2 Å². The average Bonchev–Trinajstić information content (AvgIpc) is 3.02. The number of aromatic nitrogens is 4. The van der Waals surface area contributed by atoms with Crippen LogP contribution in [0.25, 0.3) is 11.1 Å². The zero-order valence-corrected chi connectivity index (χ0v) is 14.5. The molecule has 7 nitrogen and oxygen atoms in total. The summed E-state index contributed by atoms with van der Waals surface area (Å²) < 4.78 is 1.79. The molecule has 0 aliphatic carbocycles. The molecule has 0 aromatic carbocycles. The van der Waals surface area contributed by atoms with Gasteiger partial charge < -0.3 is 14.8 Å². The largest absolute Gasteiger partial charge is 0.347 e. The van der Waals surface area contributed by atoms with Gasteiger partial charge in [-0.25, -0.2) is 9.97 Å². The molecule has 3 rings (SSSR count). The summed E-state index contributed by atoms with van der Waals surface area (Å²) in [6, 6.07) is 7.45. The molecule has 0 radical (unpaired) electrons. The molecule has 0 saturated heterocycles. The van der Waals surface area contributed by atoms with Gasteiger partial charge in [-0.15, -0.1) is 0 Å². The van der Waals surface area contributed by atoms with Gasteiger partial charge in [0.2, 0.25) is 5.95 Å². The van der Waals surface area contributed by atoms with Crippen molar-refractivity contribution in [3.8, 4) is 11.1 Å². The van der Waals surface area contributed by atoms with Crippen LogP contribution in [0.15, 0.2) is 49.1 Å². The number of nitrogens with one attached hydrogen (secondary N) is 1. The molecule has 0 saturated carbocycles. The first-order valence-electron chi connectivity index (χ1n) is 7.89. The summed E-state index contributed by atoms with van der Waals surface area (Å²) in [7, 11) is 5.62. The third-order valence-corrected chi connectivity index (χ3v) is 3.77. The molecule has 0 aliphatic heterocycles. The van der Waals surface area contributed by atoms with Crippen LogP contribution in [0.1, 0.15) is 16.2 Å². The first kappa shape index (κ1) is 16.6. The first-order chi connectivity index (χ1) is 12.0. The predicted octanol–water partition coefficient (Wildman–Crippen LogP) is 1.87. The van der Waals surface area contributed by atoms with E-state index in [1.165, 1.54) is 0 Å². The minimum Gasteiger partial charge on any atom is -0.347 e. The van der Waals surface area contributed by atoms with E-state index in [9.17, 15) is 4.79 Å². The van der Waals surface area contributed by atoms with Crippen LogP contribution in [-0.2, 0) is 13.6 Å². The lowest BCUT2D eigenvalue weighted by atomic mass is 10.2. The SMILES string of the molecule is CN(C)c1ncc(-c2cc(C(=O)NCc3ccccn3)n(C)c2)cn1. The van der Waals surface area contributed by atoms with Crippen LogP contribution in [0.5, 0.6) is 0 Å². The van der Waals surface area contributed by atoms with Gasteiger partial charge in [0, 0.05) is 57.1 Å². The van der Waals surface area contributed by atoms with Crippen LogP contribution in [0.2, 0.25) is 0 Å². The molecule has 0 aliphatic rings. The van der Waals surface area contributed by atoms with Crippen molar-refractivity contribution in [2.24, 2.45) is 7.05 Å². The lowest BCUT2D eigenvalue weighted by molar-refractivity contribution is 0.0942. The molecule has 128 valence electrons. The number of rotatable bonds is 5. The fourth-order valence-corrected chi connectivity index (χ4v) is 2.41. The standard InChI is InChI=1S/C18H20N6O/c1-23(2)18-21-9-14(10-22-18)13-8-16(24(3)12-13)17(25)20-11-15-6-4-5-7-19-15/h4-10,12H,11H2,1-3H3,(H,20,25). The topological polar surface area (TPSA) is 75.9 Å². The van der Waals surface area contributed by atoms with E-state index in [0.29, 0.717) is 18.2 Å². The van der Waals surface area contributed by atoms with Gasteiger partial charge >= 0.3 is 0 Å². The Labute approximate surface area is 146 Å². The van der Waals surface area contributed by atoms with Gasteiger partial charge in [0.25, 0.3) is 5.91 Å². The van der Waals surface area contributed by atoms with Crippen molar-refractivity contribution in [2.45, 2.75) is 6.54 Å². The van der Waals surface area contributed by atoms with Crippen molar-refractivity contribution in [2.75, 3.05) is 19.0 Å². The molecule has 0 atom stereocenters. The molecular weight excluding hydrogens is 316 g/mol. The number of carbonyl (C=O) groups is 1. The van der Waals surface area contributed by atoms with Gasteiger partial charge in [0.05, 0.1) is 12.2 Å². The van der Waals surface area contributed by atoms with E-state index in [2.05, 4.69) is 20.3 Å². The predicted molar refractivity (Wildman–Crippen MR) is 96.2 cm³/mol. The lowest BCUT2D eigenvalue weighted by Crippen LogP contribution is -2.25. The number of carbonyl (C=O) groups excluding carboxylic acids is 1. The number of amides is 1. The number of hydrogen-bond acceptors (Lipinski definition) is 5. The molecular formula is C18H20N6O. The molecule has 0 spiro atoms. The zero-order valence-electron chi connectivity index (χ0n) is 14.5. The minimum absolute atomic E-state index is 0.148. The summed E-state index contributed by atoms with van der Waals surface area (Å²) in [6.07, 6.45) is 7.11. The molecule has 25 heavy (non-hydrogen) atoms. The average molecular weight is 336 g/mol. The fraction of sp³-hybridized carbons (Fsp3) is 0.222. The third-order valence-electron chi connectivity index (χ3n) is 3.77. The second kappa shape index (κ2) is 7.12. The molecule has 1 N–H and O–H groups in total. The van der Waals surface area contributed by atoms with Gasteiger partial charge in [0.1, 0.15) is 5.69 Å². The van der Waals surface area contributed by atoms with E-state index in [0.717, 1.165) is 16.8 Å². The molecule has 1 amide bonds. The molecule has 0 bridgehead atoms. The van der Waals surface area contributed by atoms with Crippen molar-refractivity contribution in [1.82, 2.24) is 24.8 Å². The Balaban J connectivity index is 1.74. The van der Waals surface area contributed by atoms with Crippen LogP contribution in [0.3, 0.4) is 0 Å². The lowest BCUT2D eigenvalue weighted by Gasteiger charge is -2.09. The van der Waals surface area contributed by atoms with Crippen molar-refractivity contribution in [1.29, 1.82) is 0 Å².